The minimum absolute atomic E-state index is 0.288. The Bertz CT molecular complexity index is 302. The van der Waals surface area contributed by atoms with Crippen LogP contribution in [0.25, 0.3) is 0 Å². The van der Waals surface area contributed by atoms with Gasteiger partial charge in [-0.1, -0.05) is 0 Å². The fourth-order valence-corrected chi connectivity index (χ4v) is 4.80. The third kappa shape index (κ3) is 1.59. The van der Waals surface area contributed by atoms with Crippen molar-refractivity contribution in [3.63, 3.8) is 0 Å². The van der Waals surface area contributed by atoms with Crippen LogP contribution in [0.2, 0.25) is 0 Å². The van der Waals surface area contributed by atoms with Crippen molar-refractivity contribution in [3.05, 3.63) is 0 Å². The van der Waals surface area contributed by atoms with Crippen molar-refractivity contribution in [3.8, 4) is 0 Å². The topological polar surface area (TPSA) is 32.5 Å². The third-order valence-corrected chi connectivity index (χ3v) is 5.61. The Morgan fingerprint density at radius 2 is 1.94 bits per heavy atom. The fraction of sp³-hybridized carbons (Fsp3) is 1.00. The Labute approximate surface area is 105 Å². The van der Waals surface area contributed by atoms with Gasteiger partial charge >= 0.3 is 0 Å². The lowest BCUT2D eigenvalue weighted by Crippen LogP contribution is -2.63. The lowest BCUT2D eigenvalue weighted by molar-refractivity contribution is 0.0151. The molecule has 2 atom stereocenters. The van der Waals surface area contributed by atoms with E-state index in [1.165, 1.54) is 51.7 Å². The molecule has 3 nitrogen and oxygen atoms in total. The SMILES string of the molecule is CC1(C)CCCN1C1(CN)CCN2CCCC21. The second kappa shape index (κ2) is 3.94. The number of fused-ring (bicyclic) bond motifs is 1. The summed E-state index contributed by atoms with van der Waals surface area (Å²) in [6.45, 7) is 9.51. The molecule has 98 valence electrons. The van der Waals surface area contributed by atoms with Crippen molar-refractivity contribution in [2.45, 2.75) is 63.1 Å². The lowest BCUT2D eigenvalue weighted by atomic mass is 9.83. The number of hydrogen-bond acceptors (Lipinski definition) is 3. The molecule has 0 aromatic carbocycles. The Morgan fingerprint density at radius 1 is 1.12 bits per heavy atom. The standard InChI is InChI=1S/C14H27N3/c1-13(2)6-4-9-17(13)14(11-15)7-10-16-8-3-5-12(14)16/h12H,3-11,15H2,1-2H3. The zero-order valence-electron chi connectivity index (χ0n) is 11.4. The van der Waals surface area contributed by atoms with Crippen LogP contribution in [0.3, 0.4) is 0 Å². The minimum Gasteiger partial charge on any atom is -0.329 e. The van der Waals surface area contributed by atoms with Crippen LogP contribution in [-0.4, -0.2) is 53.1 Å². The summed E-state index contributed by atoms with van der Waals surface area (Å²) in [6.07, 6.45) is 6.71. The zero-order valence-corrected chi connectivity index (χ0v) is 11.4. The quantitative estimate of drug-likeness (QED) is 0.788. The lowest BCUT2D eigenvalue weighted by Gasteiger charge is -2.49. The van der Waals surface area contributed by atoms with E-state index in [1.54, 1.807) is 0 Å². The second-order valence-electron chi connectivity index (χ2n) is 6.82. The predicted octanol–water partition coefficient (Wildman–Crippen LogP) is 1.43. The molecule has 3 heteroatoms. The molecule has 17 heavy (non-hydrogen) atoms. The van der Waals surface area contributed by atoms with Crippen molar-refractivity contribution in [1.29, 1.82) is 0 Å². The maximum atomic E-state index is 6.26. The van der Waals surface area contributed by atoms with Crippen LogP contribution >= 0.6 is 0 Å². The number of nitrogens with zero attached hydrogens (tertiary/aromatic N) is 2. The van der Waals surface area contributed by atoms with Gasteiger partial charge in [-0.25, -0.2) is 0 Å². The monoisotopic (exact) mass is 237 g/mol. The molecule has 0 aromatic rings. The van der Waals surface area contributed by atoms with Gasteiger partial charge in [0, 0.05) is 24.7 Å². The molecule has 3 aliphatic heterocycles. The van der Waals surface area contributed by atoms with E-state index in [1.807, 2.05) is 0 Å². The summed E-state index contributed by atoms with van der Waals surface area (Å²) in [6, 6.07) is 0.741. The van der Waals surface area contributed by atoms with Gasteiger partial charge in [0.15, 0.2) is 0 Å². The number of rotatable bonds is 2. The molecule has 3 fully saturated rings. The number of likely N-dealkylation sites (tertiary alicyclic amines) is 1. The van der Waals surface area contributed by atoms with Crippen molar-refractivity contribution >= 4 is 0 Å². The van der Waals surface area contributed by atoms with Crippen LogP contribution in [0, 0.1) is 0 Å². The van der Waals surface area contributed by atoms with E-state index >= 15 is 0 Å². The summed E-state index contributed by atoms with van der Waals surface area (Å²) in [4.78, 5) is 5.47. The second-order valence-corrected chi connectivity index (χ2v) is 6.82. The normalized spacial score (nSPS) is 42.2. The molecular formula is C14H27N3. The van der Waals surface area contributed by atoms with Gasteiger partial charge in [-0.05, 0) is 59.0 Å². The van der Waals surface area contributed by atoms with Gasteiger partial charge in [-0.3, -0.25) is 9.80 Å². The molecule has 0 aromatic heterocycles. The Morgan fingerprint density at radius 3 is 2.59 bits per heavy atom. The van der Waals surface area contributed by atoms with Gasteiger partial charge in [0.25, 0.3) is 0 Å². The predicted molar refractivity (Wildman–Crippen MR) is 71.0 cm³/mol. The molecule has 0 radical (unpaired) electrons. The smallest absolute Gasteiger partial charge is 0.0504 e. The molecule has 2 N–H and O–H groups in total. The van der Waals surface area contributed by atoms with Gasteiger partial charge in [0.1, 0.15) is 0 Å². The van der Waals surface area contributed by atoms with Crippen molar-refractivity contribution in [2.24, 2.45) is 5.73 Å². The fourth-order valence-electron chi connectivity index (χ4n) is 4.80. The van der Waals surface area contributed by atoms with Gasteiger partial charge in [0.05, 0.1) is 5.54 Å². The molecule has 0 bridgehead atoms. The van der Waals surface area contributed by atoms with Crippen LogP contribution in [0.5, 0.6) is 0 Å². The third-order valence-electron chi connectivity index (χ3n) is 5.61. The Hall–Kier alpha value is -0.120. The first-order chi connectivity index (χ1) is 8.10. The van der Waals surface area contributed by atoms with Crippen molar-refractivity contribution < 1.29 is 0 Å². The molecule has 0 aliphatic carbocycles. The van der Waals surface area contributed by atoms with E-state index in [-0.39, 0.29) is 5.54 Å². The molecular weight excluding hydrogens is 210 g/mol. The van der Waals surface area contributed by atoms with Crippen molar-refractivity contribution in [2.75, 3.05) is 26.2 Å². The highest BCUT2D eigenvalue weighted by Crippen LogP contribution is 2.45. The highest BCUT2D eigenvalue weighted by Gasteiger charge is 2.55. The Balaban J connectivity index is 1.92. The molecule has 3 rings (SSSR count). The average molecular weight is 237 g/mol. The zero-order chi connectivity index (χ0) is 12.1. The van der Waals surface area contributed by atoms with E-state index in [9.17, 15) is 0 Å². The molecule has 3 saturated heterocycles. The highest BCUT2D eigenvalue weighted by molar-refractivity contribution is 5.13. The summed E-state index contributed by atoms with van der Waals surface area (Å²) in [7, 11) is 0. The summed E-state index contributed by atoms with van der Waals surface area (Å²) in [5.74, 6) is 0. The van der Waals surface area contributed by atoms with E-state index in [0.717, 1.165) is 12.6 Å². The molecule has 3 heterocycles. The van der Waals surface area contributed by atoms with Crippen molar-refractivity contribution in [1.82, 2.24) is 9.80 Å². The maximum Gasteiger partial charge on any atom is 0.0504 e. The number of nitrogens with two attached hydrogens (primary N) is 1. The summed E-state index contributed by atoms with van der Waals surface area (Å²) < 4.78 is 0. The van der Waals surface area contributed by atoms with Crippen LogP contribution in [0.4, 0.5) is 0 Å². The van der Waals surface area contributed by atoms with Crippen LogP contribution < -0.4 is 5.73 Å². The van der Waals surface area contributed by atoms with Gasteiger partial charge in [0.2, 0.25) is 0 Å². The van der Waals surface area contributed by atoms with E-state index in [4.69, 9.17) is 5.73 Å². The van der Waals surface area contributed by atoms with Crippen LogP contribution in [0.15, 0.2) is 0 Å². The first kappa shape index (κ1) is 11.9. The molecule has 0 spiro atoms. The summed E-state index contributed by atoms with van der Waals surface area (Å²) in [5.41, 5.74) is 6.90. The van der Waals surface area contributed by atoms with E-state index < -0.39 is 0 Å². The first-order valence-corrected chi connectivity index (χ1v) is 7.32. The van der Waals surface area contributed by atoms with Gasteiger partial charge in [-0.15, -0.1) is 0 Å². The van der Waals surface area contributed by atoms with Gasteiger partial charge in [-0.2, -0.15) is 0 Å². The summed E-state index contributed by atoms with van der Waals surface area (Å²) >= 11 is 0. The van der Waals surface area contributed by atoms with E-state index in [2.05, 4.69) is 23.6 Å². The highest BCUT2D eigenvalue weighted by atomic mass is 15.4. The number of hydrogen-bond donors (Lipinski definition) is 1. The molecule has 3 aliphatic rings. The molecule has 2 unspecified atom stereocenters. The van der Waals surface area contributed by atoms with Crippen LogP contribution in [-0.2, 0) is 0 Å². The first-order valence-electron chi connectivity index (χ1n) is 7.32. The largest absolute Gasteiger partial charge is 0.329 e. The van der Waals surface area contributed by atoms with Gasteiger partial charge < -0.3 is 5.73 Å². The average Bonchev–Trinajstić information content (AvgIpc) is 2.93. The Kier molecular flexibility index (Phi) is 2.77. The molecule has 0 saturated carbocycles. The maximum absolute atomic E-state index is 6.26. The minimum atomic E-state index is 0.288. The molecule has 0 amide bonds. The van der Waals surface area contributed by atoms with Crippen LogP contribution in [0.1, 0.15) is 46.0 Å². The van der Waals surface area contributed by atoms with E-state index in [0.29, 0.717) is 5.54 Å². The summed E-state index contributed by atoms with van der Waals surface area (Å²) in [5, 5.41) is 0.